The highest BCUT2D eigenvalue weighted by molar-refractivity contribution is 7.03. The standard InChI is InChI=1S/C12H20FNS/c1-4-6-8-12(3,7-5-2)10-9-15-14-11(10)13/h9H,4-8H2,1-3H3. The van der Waals surface area contributed by atoms with Gasteiger partial charge >= 0.3 is 0 Å². The molecule has 1 unspecified atom stereocenters. The first-order valence-corrected chi connectivity index (χ1v) is 6.58. The van der Waals surface area contributed by atoms with E-state index in [-0.39, 0.29) is 11.4 Å². The van der Waals surface area contributed by atoms with Gasteiger partial charge in [0.15, 0.2) is 0 Å². The summed E-state index contributed by atoms with van der Waals surface area (Å²) in [4.78, 5) is 0. The second-order valence-corrected chi connectivity index (χ2v) is 5.06. The normalized spacial score (nSPS) is 15.2. The first-order valence-electron chi connectivity index (χ1n) is 5.74. The minimum absolute atomic E-state index is 0.0121. The van der Waals surface area contributed by atoms with Crippen LogP contribution < -0.4 is 0 Å². The number of nitrogens with zero attached hydrogens (tertiary/aromatic N) is 1. The highest BCUT2D eigenvalue weighted by Gasteiger charge is 2.29. The summed E-state index contributed by atoms with van der Waals surface area (Å²) in [5.41, 5.74) is 0.810. The Bertz CT molecular complexity index is 298. The lowest BCUT2D eigenvalue weighted by Gasteiger charge is -2.28. The molecule has 0 amide bonds. The van der Waals surface area contributed by atoms with Crippen LogP contribution in [0.1, 0.15) is 58.4 Å². The van der Waals surface area contributed by atoms with Crippen LogP contribution in [0.5, 0.6) is 0 Å². The summed E-state index contributed by atoms with van der Waals surface area (Å²) < 4.78 is 17.2. The van der Waals surface area contributed by atoms with E-state index in [4.69, 9.17) is 0 Å². The lowest BCUT2D eigenvalue weighted by Crippen LogP contribution is -2.22. The predicted octanol–water partition coefficient (Wildman–Crippen LogP) is 4.53. The lowest BCUT2D eigenvalue weighted by molar-refractivity contribution is 0.366. The zero-order valence-corrected chi connectivity index (χ0v) is 10.7. The van der Waals surface area contributed by atoms with Gasteiger partial charge in [0.05, 0.1) is 0 Å². The Kier molecular flexibility index (Phi) is 4.71. The largest absolute Gasteiger partial charge is 0.228 e. The van der Waals surface area contributed by atoms with Gasteiger partial charge in [0, 0.05) is 10.9 Å². The fourth-order valence-electron chi connectivity index (χ4n) is 2.13. The Hall–Kier alpha value is -0.440. The molecule has 0 saturated heterocycles. The molecular formula is C12H20FNS. The van der Waals surface area contributed by atoms with Crippen LogP contribution in [0, 0.1) is 5.95 Å². The maximum Gasteiger partial charge on any atom is 0.228 e. The number of hydrogen-bond acceptors (Lipinski definition) is 2. The third-order valence-electron chi connectivity index (χ3n) is 3.06. The van der Waals surface area contributed by atoms with Gasteiger partial charge in [-0.2, -0.15) is 8.76 Å². The highest BCUT2D eigenvalue weighted by Crippen LogP contribution is 2.36. The van der Waals surface area contributed by atoms with Crippen molar-refractivity contribution in [3.05, 3.63) is 16.9 Å². The third-order valence-corrected chi connectivity index (χ3v) is 3.67. The molecule has 1 heterocycles. The summed E-state index contributed by atoms with van der Waals surface area (Å²) in [6.07, 6.45) is 5.52. The summed E-state index contributed by atoms with van der Waals surface area (Å²) >= 11 is 1.23. The van der Waals surface area contributed by atoms with Crippen molar-refractivity contribution in [2.45, 2.75) is 58.3 Å². The second kappa shape index (κ2) is 5.59. The van der Waals surface area contributed by atoms with E-state index in [0.717, 1.165) is 31.2 Å². The molecular weight excluding hydrogens is 209 g/mol. The first-order chi connectivity index (χ1) is 7.14. The van der Waals surface area contributed by atoms with Gasteiger partial charge in [-0.25, -0.2) is 0 Å². The van der Waals surface area contributed by atoms with Crippen molar-refractivity contribution in [2.24, 2.45) is 0 Å². The fraction of sp³-hybridized carbons (Fsp3) is 0.750. The van der Waals surface area contributed by atoms with Gasteiger partial charge in [0.25, 0.3) is 0 Å². The Morgan fingerprint density at radius 1 is 1.33 bits per heavy atom. The molecule has 1 aromatic rings. The number of rotatable bonds is 6. The SMILES string of the molecule is CCCCC(C)(CCC)c1csnc1F. The van der Waals surface area contributed by atoms with Crippen molar-refractivity contribution in [1.82, 2.24) is 4.37 Å². The monoisotopic (exact) mass is 229 g/mol. The molecule has 1 nitrogen and oxygen atoms in total. The van der Waals surface area contributed by atoms with Crippen molar-refractivity contribution in [1.29, 1.82) is 0 Å². The van der Waals surface area contributed by atoms with Crippen LogP contribution in [0.2, 0.25) is 0 Å². The molecule has 0 aromatic carbocycles. The molecule has 0 aliphatic carbocycles. The Morgan fingerprint density at radius 2 is 2.07 bits per heavy atom. The molecule has 0 spiro atoms. The van der Waals surface area contributed by atoms with E-state index >= 15 is 0 Å². The topological polar surface area (TPSA) is 12.9 Å². The van der Waals surface area contributed by atoms with Gasteiger partial charge in [-0.1, -0.05) is 40.0 Å². The van der Waals surface area contributed by atoms with Gasteiger partial charge in [-0.3, -0.25) is 0 Å². The van der Waals surface area contributed by atoms with Crippen LogP contribution in [-0.4, -0.2) is 4.37 Å². The maximum atomic E-state index is 13.5. The number of hydrogen-bond donors (Lipinski definition) is 0. The molecule has 0 N–H and O–H groups in total. The van der Waals surface area contributed by atoms with Crippen LogP contribution in [0.25, 0.3) is 0 Å². The van der Waals surface area contributed by atoms with Crippen LogP contribution in [0.3, 0.4) is 0 Å². The fourth-order valence-corrected chi connectivity index (χ4v) is 2.86. The van der Waals surface area contributed by atoms with Crippen LogP contribution in [0.4, 0.5) is 4.39 Å². The van der Waals surface area contributed by atoms with E-state index in [0.29, 0.717) is 0 Å². The van der Waals surface area contributed by atoms with Gasteiger partial charge in [0.2, 0.25) is 5.95 Å². The van der Waals surface area contributed by atoms with E-state index in [9.17, 15) is 4.39 Å². The number of unbranched alkanes of at least 4 members (excludes halogenated alkanes) is 1. The molecule has 0 saturated carbocycles. The lowest BCUT2D eigenvalue weighted by atomic mass is 9.76. The number of aromatic nitrogens is 1. The molecule has 1 aromatic heterocycles. The third kappa shape index (κ3) is 3.00. The Balaban J connectivity index is 2.85. The van der Waals surface area contributed by atoms with Crippen LogP contribution in [0.15, 0.2) is 5.38 Å². The van der Waals surface area contributed by atoms with Gasteiger partial charge in [-0.05, 0) is 29.8 Å². The molecule has 1 rings (SSSR count). The zero-order valence-electron chi connectivity index (χ0n) is 9.85. The molecule has 0 radical (unpaired) electrons. The molecule has 86 valence electrons. The van der Waals surface area contributed by atoms with Crippen molar-refractivity contribution in [3.8, 4) is 0 Å². The Labute approximate surface area is 95.9 Å². The van der Waals surface area contributed by atoms with E-state index in [1.54, 1.807) is 0 Å². The van der Waals surface area contributed by atoms with E-state index in [1.807, 2.05) is 5.38 Å². The first kappa shape index (κ1) is 12.6. The molecule has 0 aliphatic rings. The highest BCUT2D eigenvalue weighted by atomic mass is 32.1. The smallest absolute Gasteiger partial charge is 0.184 e. The maximum absolute atomic E-state index is 13.5. The number of halogens is 1. The summed E-state index contributed by atoms with van der Waals surface area (Å²) in [5, 5.41) is 1.88. The van der Waals surface area contributed by atoms with E-state index in [1.165, 1.54) is 18.0 Å². The van der Waals surface area contributed by atoms with Crippen LogP contribution in [-0.2, 0) is 5.41 Å². The zero-order chi connectivity index (χ0) is 11.3. The van der Waals surface area contributed by atoms with Crippen LogP contribution >= 0.6 is 11.5 Å². The second-order valence-electron chi connectivity index (χ2n) is 4.43. The van der Waals surface area contributed by atoms with Crippen molar-refractivity contribution < 1.29 is 4.39 Å². The average Bonchev–Trinajstić information content (AvgIpc) is 2.62. The summed E-state index contributed by atoms with van der Waals surface area (Å²) in [6, 6.07) is 0. The van der Waals surface area contributed by atoms with Gasteiger partial charge in [-0.15, -0.1) is 0 Å². The molecule has 0 aliphatic heterocycles. The minimum Gasteiger partial charge on any atom is -0.184 e. The van der Waals surface area contributed by atoms with Gasteiger partial charge < -0.3 is 0 Å². The molecule has 15 heavy (non-hydrogen) atoms. The summed E-state index contributed by atoms with van der Waals surface area (Å²) in [5.74, 6) is -0.257. The quantitative estimate of drug-likeness (QED) is 0.698. The van der Waals surface area contributed by atoms with Crippen molar-refractivity contribution in [3.63, 3.8) is 0 Å². The Morgan fingerprint density at radius 3 is 2.53 bits per heavy atom. The average molecular weight is 229 g/mol. The summed E-state index contributed by atoms with van der Waals surface area (Å²) in [7, 11) is 0. The molecule has 3 heteroatoms. The molecule has 1 atom stereocenters. The van der Waals surface area contributed by atoms with Crippen molar-refractivity contribution in [2.75, 3.05) is 0 Å². The van der Waals surface area contributed by atoms with Crippen molar-refractivity contribution >= 4 is 11.5 Å². The summed E-state index contributed by atoms with van der Waals surface area (Å²) in [6.45, 7) is 6.50. The molecule has 0 bridgehead atoms. The molecule has 0 fully saturated rings. The minimum atomic E-state index is -0.257. The van der Waals surface area contributed by atoms with Gasteiger partial charge in [0.1, 0.15) is 0 Å². The van der Waals surface area contributed by atoms with E-state index < -0.39 is 0 Å². The predicted molar refractivity (Wildman–Crippen MR) is 63.9 cm³/mol. The van der Waals surface area contributed by atoms with E-state index in [2.05, 4.69) is 25.1 Å².